The summed E-state index contributed by atoms with van der Waals surface area (Å²) in [5.74, 6) is -0.360. The quantitative estimate of drug-likeness (QED) is 0.611. The van der Waals surface area contributed by atoms with E-state index >= 15 is 0 Å². The van der Waals surface area contributed by atoms with Crippen molar-refractivity contribution in [2.45, 2.75) is 33.4 Å². The summed E-state index contributed by atoms with van der Waals surface area (Å²) in [6.07, 6.45) is 0.290. The van der Waals surface area contributed by atoms with Gasteiger partial charge in [0.1, 0.15) is 5.82 Å². The molecule has 0 aliphatic heterocycles. The Morgan fingerprint density at radius 2 is 2.03 bits per heavy atom. The van der Waals surface area contributed by atoms with Gasteiger partial charge in [-0.05, 0) is 46.1 Å². The number of H-pyrrole nitrogens is 1. The zero-order valence-corrected chi connectivity index (χ0v) is 17.3. The van der Waals surface area contributed by atoms with Gasteiger partial charge >= 0.3 is 0 Å². The summed E-state index contributed by atoms with van der Waals surface area (Å²) in [7, 11) is 3.94. The van der Waals surface area contributed by atoms with E-state index in [1.165, 1.54) is 6.07 Å². The predicted octanol–water partition coefficient (Wildman–Crippen LogP) is 2.45. The van der Waals surface area contributed by atoms with Crippen molar-refractivity contribution in [2.75, 3.05) is 20.6 Å². The van der Waals surface area contributed by atoms with Gasteiger partial charge in [-0.25, -0.2) is 4.39 Å². The maximum atomic E-state index is 14.2. The highest BCUT2D eigenvalue weighted by atomic mass is 19.1. The van der Waals surface area contributed by atoms with Crippen LogP contribution in [0, 0.1) is 19.7 Å². The van der Waals surface area contributed by atoms with Crippen LogP contribution in [-0.4, -0.2) is 51.4 Å². The number of aryl methyl sites for hydroxylation is 2. The molecular weight excluding hydrogens is 371 g/mol. The van der Waals surface area contributed by atoms with E-state index in [-0.39, 0.29) is 18.1 Å². The van der Waals surface area contributed by atoms with Gasteiger partial charge in [0.05, 0.1) is 30.0 Å². The predicted molar refractivity (Wildman–Crippen MR) is 110 cm³/mol. The van der Waals surface area contributed by atoms with Crippen LogP contribution in [0.3, 0.4) is 0 Å². The van der Waals surface area contributed by atoms with Crippen LogP contribution < -0.4 is 5.32 Å². The van der Waals surface area contributed by atoms with Crippen LogP contribution in [0.25, 0.3) is 11.3 Å². The van der Waals surface area contributed by atoms with Crippen LogP contribution in [0.15, 0.2) is 30.3 Å². The van der Waals surface area contributed by atoms with E-state index in [1.807, 2.05) is 43.6 Å². The molecule has 29 heavy (non-hydrogen) atoms. The molecule has 0 unspecified atom stereocenters. The van der Waals surface area contributed by atoms with Crippen molar-refractivity contribution in [1.29, 1.82) is 0 Å². The number of hydrogen-bond donors (Lipinski definition) is 2. The number of amides is 1. The number of carbonyl (C=O) groups excluding carboxylic acids is 1. The number of hydrogen-bond acceptors (Lipinski definition) is 4. The van der Waals surface area contributed by atoms with Crippen LogP contribution in [0.2, 0.25) is 0 Å². The number of halogens is 1. The van der Waals surface area contributed by atoms with Crippen molar-refractivity contribution in [1.82, 2.24) is 30.2 Å². The summed E-state index contributed by atoms with van der Waals surface area (Å²) >= 11 is 0. The molecule has 0 radical (unpaired) electrons. The molecule has 0 saturated carbocycles. The molecule has 8 heteroatoms. The third-order valence-electron chi connectivity index (χ3n) is 4.76. The maximum Gasteiger partial charge on any atom is 0.224 e. The third-order valence-corrected chi connectivity index (χ3v) is 4.76. The molecule has 0 aliphatic rings. The Morgan fingerprint density at radius 3 is 2.69 bits per heavy atom. The molecule has 3 rings (SSSR count). The van der Waals surface area contributed by atoms with Crippen LogP contribution in [-0.2, 0) is 24.3 Å². The van der Waals surface area contributed by atoms with E-state index in [0.29, 0.717) is 30.9 Å². The number of benzene rings is 1. The van der Waals surface area contributed by atoms with Crippen LogP contribution in [0.4, 0.5) is 4.39 Å². The summed E-state index contributed by atoms with van der Waals surface area (Å²) in [5, 5.41) is 14.5. The summed E-state index contributed by atoms with van der Waals surface area (Å²) in [6, 6.07) is 8.51. The van der Waals surface area contributed by atoms with Gasteiger partial charge in [-0.1, -0.05) is 12.1 Å². The fourth-order valence-corrected chi connectivity index (χ4v) is 3.26. The monoisotopic (exact) mass is 398 g/mol. The second-order valence-electron chi connectivity index (χ2n) is 7.40. The van der Waals surface area contributed by atoms with Gasteiger partial charge in [-0.2, -0.15) is 10.2 Å². The van der Waals surface area contributed by atoms with E-state index in [2.05, 4.69) is 20.6 Å². The number of aromatic amines is 1. The molecule has 0 bridgehead atoms. The van der Waals surface area contributed by atoms with Crippen molar-refractivity contribution in [3.05, 3.63) is 58.8 Å². The van der Waals surface area contributed by atoms with Crippen molar-refractivity contribution < 1.29 is 9.18 Å². The van der Waals surface area contributed by atoms with Gasteiger partial charge in [0.15, 0.2) is 0 Å². The Bertz CT molecular complexity index is 971. The summed E-state index contributed by atoms with van der Waals surface area (Å²) in [4.78, 5) is 14.3. The zero-order valence-electron chi connectivity index (χ0n) is 17.3. The first-order valence-electron chi connectivity index (χ1n) is 9.58. The first kappa shape index (κ1) is 20.7. The Labute approximate surface area is 169 Å². The van der Waals surface area contributed by atoms with E-state index < -0.39 is 0 Å². The van der Waals surface area contributed by atoms with Crippen LogP contribution in [0.5, 0.6) is 0 Å². The Hall–Kier alpha value is -3.00. The minimum Gasteiger partial charge on any atom is -0.354 e. The molecule has 2 N–H and O–H groups in total. The van der Waals surface area contributed by atoms with Gasteiger partial charge in [-0.15, -0.1) is 0 Å². The van der Waals surface area contributed by atoms with Crippen LogP contribution in [0.1, 0.15) is 22.6 Å². The van der Waals surface area contributed by atoms with Gasteiger partial charge in [0.2, 0.25) is 5.91 Å². The van der Waals surface area contributed by atoms with E-state index in [1.54, 1.807) is 18.2 Å². The standard InChI is InChI=1S/C21H27FN6O/c1-14-18(15(2)25-24-14)12-21(29)23-9-10-28-16(13-27(3)4)11-20(26-28)17-7-5-6-8-19(17)22/h5-8,11H,9-10,12-13H2,1-4H3,(H,23,29)(H,24,25). The second-order valence-corrected chi connectivity index (χ2v) is 7.40. The molecule has 0 aliphatic carbocycles. The molecule has 7 nitrogen and oxygen atoms in total. The lowest BCUT2D eigenvalue weighted by atomic mass is 10.1. The molecule has 0 fully saturated rings. The molecule has 2 aromatic heterocycles. The zero-order chi connectivity index (χ0) is 21.0. The molecule has 0 spiro atoms. The lowest BCUT2D eigenvalue weighted by Gasteiger charge is -2.12. The van der Waals surface area contributed by atoms with Crippen molar-refractivity contribution in [2.24, 2.45) is 0 Å². The Kier molecular flexibility index (Phi) is 6.43. The van der Waals surface area contributed by atoms with Crippen molar-refractivity contribution in [3.63, 3.8) is 0 Å². The minimum atomic E-state index is -0.298. The van der Waals surface area contributed by atoms with Gasteiger partial charge in [0.25, 0.3) is 0 Å². The maximum absolute atomic E-state index is 14.2. The van der Waals surface area contributed by atoms with Crippen molar-refractivity contribution >= 4 is 5.91 Å². The average Bonchev–Trinajstić information content (AvgIpc) is 3.19. The Balaban J connectivity index is 1.68. The molecular formula is C21H27FN6O. The molecule has 3 aromatic rings. The number of nitrogens with zero attached hydrogens (tertiary/aromatic N) is 4. The van der Waals surface area contributed by atoms with Gasteiger partial charge in [-0.3, -0.25) is 14.6 Å². The molecule has 0 atom stereocenters. The molecule has 2 heterocycles. The fraction of sp³-hybridized carbons (Fsp3) is 0.381. The number of nitrogens with one attached hydrogen (secondary N) is 2. The second kappa shape index (κ2) is 9.00. The minimum absolute atomic E-state index is 0.0618. The fourth-order valence-electron chi connectivity index (χ4n) is 3.26. The van der Waals surface area contributed by atoms with Crippen LogP contribution >= 0.6 is 0 Å². The number of rotatable bonds is 8. The average molecular weight is 398 g/mol. The summed E-state index contributed by atoms with van der Waals surface area (Å²) in [5.41, 5.74) is 4.71. The summed E-state index contributed by atoms with van der Waals surface area (Å²) < 4.78 is 16.0. The van der Waals surface area contributed by atoms with Crippen molar-refractivity contribution in [3.8, 4) is 11.3 Å². The SMILES string of the molecule is Cc1n[nH]c(C)c1CC(=O)NCCn1nc(-c2ccccc2F)cc1CN(C)C. The van der Waals surface area contributed by atoms with E-state index in [0.717, 1.165) is 22.6 Å². The normalized spacial score (nSPS) is 11.2. The molecule has 154 valence electrons. The third kappa shape index (κ3) is 5.08. The molecule has 1 aromatic carbocycles. The lowest BCUT2D eigenvalue weighted by Crippen LogP contribution is -2.30. The summed E-state index contributed by atoms with van der Waals surface area (Å²) in [6.45, 7) is 5.40. The van der Waals surface area contributed by atoms with Gasteiger partial charge in [0, 0.05) is 29.9 Å². The van der Waals surface area contributed by atoms with E-state index in [4.69, 9.17) is 0 Å². The smallest absolute Gasteiger partial charge is 0.224 e. The first-order chi connectivity index (χ1) is 13.8. The largest absolute Gasteiger partial charge is 0.354 e. The van der Waals surface area contributed by atoms with Gasteiger partial charge < -0.3 is 10.2 Å². The van der Waals surface area contributed by atoms with E-state index in [9.17, 15) is 9.18 Å². The highest BCUT2D eigenvalue weighted by Crippen LogP contribution is 2.22. The number of aromatic nitrogens is 4. The lowest BCUT2D eigenvalue weighted by molar-refractivity contribution is -0.120. The number of carbonyl (C=O) groups is 1. The Morgan fingerprint density at radius 1 is 1.28 bits per heavy atom. The highest BCUT2D eigenvalue weighted by Gasteiger charge is 2.14. The molecule has 0 saturated heterocycles. The highest BCUT2D eigenvalue weighted by molar-refractivity contribution is 5.79. The molecule has 1 amide bonds. The first-order valence-corrected chi connectivity index (χ1v) is 9.58. The topological polar surface area (TPSA) is 78.8 Å².